The van der Waals surface area contributed by atoms with Crippen LogP contribution in [0.4, 0.5) is 0 Å². The minimum Gasteiger partial charge on any atom is -0.329 e. The van der Waals surface area contributed by atoms with E-state index in [-0.39, 0.29) is 0 Å². The zero-order valence-electron chi connectivity index (χ0n) is 9.13. The second kappa shape index (κ2) is 5.61. The van der Waals surface area contributed by atoms with E-state index in [1.807, 2.05) is 0 Å². The van der Waals surface area contributed by atoms with Crippen LogP contribution in [0.15, 0.2) is 0 Å². The number of rotatable bonds is 3. The molecule has 1 aliphatic carbocycles. The highest BCUT2D eigenvalue weighted by Gasteiger charge is 2.22. The topological polar surface area (TPSA) is 29.3 Å². The highest BCUT2D eigenvalue weighted by Crippen LogP contribution is 2.26. The van der Waals surface area contributed by atoms with Crippen molar-refractivity contribution in [3.8, 4) is 0 Å². The molecule has 0 radical (unpaired) electrons. The summed E-state index contributed by atoms with van der Waals surface area (Å²) in [6.45, 7) is 0.817. The summed E-state index contributed by atoms with van der Waals surface area (Å²) in [6, 6.07) is 0.609. The number of nitrogens with two attached hydrogens (primary N) is 1. The molecule has 1 unspecified atom stereocenters. The molecule has 1 fully saturated rings. The molecular formula is C11H24N2. The van der Waals surface area contributed by atoms with Gasteiger partial charge in [-0.1, -0.05) is 25.7 Å². The number of hydrogen-bond acceptors (Lipinski definition) is 2. The molecule has 0 saturated heterocycles. The van der Waals surface area contributed by atoms with Gasteiger partial charge in [-0.15, -0.1) is 0 Å². The average Bonchev–Trinajstić information content (AvgIpc) is 2.33. The monoisotopic (exact) mass is 184 g/mol. The number of likely N-dealkylation sites (N-methyl/N-ethyl adjacent to an activating group) is 1. The highest BCUT2D eigenvalue weighted by molar-refractivity contribution is 4.78. The Morgan fingerprint density at radius 1 is 1.15 bits per heavy atom. The van der Waals surface area contributed by atoms with E-state index in [1.165, 1.54) is 38.5 Å². The van der Waals surface area contributed by atoms with Crippen molar-refractivity contribution in [3.05, 3.63) is 0 Å². The van der Waals surface area contributed by atoms with Crippen molar-refractivity contribution in [3.63, 3.8) is 0 Å². The highest BCUT2D eigenvalue weighted by atomic mass is 15.1. The quantitative estimate of drug-likeness (QED) is 0.678. The number of hydrogen-bond donors (Lipinski definition) is 1. The molecule has 1 saturated carbocycles. The normalized spacial score (nSPS) is 23.1. The molecule has 0 aromatic rings. The summed E-state index contributed by atoms with van der Waals surface area (Å²) in [6.07, 6.45) is 8.46. The van der Waals surface area contributed by atoms with E-state index in [0.717, 1.165) is 12.5 Å². The van der Waals surface area contributed by atoms with E-state index >= 15 is 0 Å². The molecule has 1 atom stereocenters. The zero-order valence-corrected chi connectivity index (χ0v) is 9.13. The van der Waals surface area contributed by atoms with Gasteiger partial charge in [0.25, 0.3) is 0 Å². The van der Waals surface area contributed by atoms with E-state index in [4.69, 9.17) is 5.73 Å². The van der Waals surface area contributed by atoms with Crippen LogP contribution in [0.1, 0.15) is 38.5 Å². The van der Waals surface area contributed by atoms with Gasteiger partial charge >= 0.3 is 0 Å². The van der Waals surface area contributed by atoms with Crippen LogP contribution in [0.3, 0.4) is 0 Å². The van der Waals surface area contributed by atoms with Crippen LogP contribution in [0.5, 0.6) is 0 Å². The van der Waals surface area contributed by atoms with Crippen LogP contribution in [-0.2, 0) is 0 Å². The van der Waals surface area contributed by atoms with Crippen molar-refractivity contribution in [2.45, 2.75) is 44.6 Å². The standard InChI is InChI=1S/C11H24N2/c1-13(2)11(9-12)10-7-5-3-4-6-8-10/h10-11H,3-9,12H2,1-2H3. The molecule has 2 N–H and O–H groups in total. The van der Waals surface area contributed by atoms with Crippen molar-refractivity contribution in [2.24, 2.45) is 11.7 Å². The molecule has 78 valence electrons. The first-order chi connectivity index (χ1) is 6.25. The van der Waals surface area contributed by atoms with Gasteiger partial charge in [0.15, 0.2) is 0 Å². The fraction of sp³-hybridized carbons (Fsp3) is 1.00. The van der Waals surface area contributed by atoms with Crippen molar-refractivity contribution in [1.29, 1.82) is 0 Å². The number of nitrogens with zero attached hydrogens (tertiary/aromatic N) is 1. The van der Waals surface area contributed by atoms with E-state index in [9.17, 15) is 0 Å². The van der Waals surface area contributed by atoms with Gasteiger partial charge in [-0.3, -0.25) is 0 Å². The third kappa shape index (κ3) is 3.28. The van der Waals surface area contributed by atoms with Gasteiger partial charge in [0, 0.05) is 12.6 Å². The first-order valence-corrected chi connectivity index (χ1v) is 5.62. The van der Waals surface area contributed by atoms with Gasteiger partial charge in [0.1, 0.15) is 0 Å². The second-order valence-electron chi connectivity index (χ2n) is 4.52. The van der Waals surface area contributed by atoms with Gasteiger partial charge in [-0.25, -0.2) is 0 Å². The molecule has 0 aliphatic heterocycles. The summed E-state index contributed by atoms with van der Waals surface area (Å²) in [5.74, 6) is 0.850. The smallest absolute Gasteiger partial charge is 0.0240 e. The second-order valence-corrected chi connectivity index (χ2v) is 4.52. The molecule has 13 heavy (non-hydrogen) atoms. The summed E-state index contributed by atoms with van der Waals surface area (Å²) < 4.78 is 0. The van der Waals surface area contributed by atoms with Gasteiger partial charge in [0.05, 0.1) is 0 Å². The third-order valence-electron chi connectivity index (χ3n) is 3.35. The molecular weight excluding hydrogens is 160 g/mol. The maximum absolute atomic E-state index is 5.81. The van der Waals surface area contributed by atoms with Crippen molar-refractivity contribution >= 4 is 0 Å². The van der Waals surface area contributed by atoms with Crippen LogP contribution in [-0.4, -0.2) is 31.6 Å². The van der Waals surface area contributed by atoms with E-state index in [1.54, 1.807) is 0 Å². The molecule has 0 heterocycles. The molecule has 0 aromatic carbocycles. The average molecular weight is 184 g/mol. The Bertz CT molecular complexity index is 126. The lowest BCUT2D eigenvalue weighted by atomic mass is 9.91. The van der Waals surface area contributed by atoms with Gasteiger partial charge in [0.2, 0.25) is 0 Å². The van der Waals surface area contributed by atoms with Crippen molar-refractivity contribution in [1.82, 2.24) is 4.90 Å². The lowest BCUT2D eigenvalue weighted by molar-refractivity contribution is 0.199. The Labute approximate surface area is 82.5 Å². The molecule has 2 nitrogen and oxygen atoms in total. The van der Waals surface area contributed by atoms with Crippen molar-refractivity contribution < 1.29 is 0 Å². The lowest BCUT2D eigenvalue weighted by Crippen LogP contribution is -2.41. The predicted octanol–water partition coefficient (Wildman–Crippen LogP) is 1.85. The van der Waals surface area contributed by atoms with Gasteiger partial charge in [-0.2, -0.15) is 0 Å². The Kier molecular flexibility index (Phi) is 4.74. The van der Waals surface area contributed by atoms with Crippen LogP contribution in [0.2, 0.25) is 0 Å². The van der Waals surface area contributed by atoms with Crippen LogP contribution < -0.4 is 5.73 Å². The lowest BCUT2D eigenvalue weighted by Gasteiger charge is -2.30. The first kappa shape index (κ1) is 11.0. The Hall–Kier alpha value is -0.0800. The zero-order chi connectivity index (χ0) is 9.68. The molecule has 2 heteroatoms. The first-order valence-electron chi connectivity index (χ1n) is 5.62. The maximum atomic E-state index is 5.81. The van der Waals surface area contributed by atoms with E-state index in [0.29, 0.717) is 6.04 Å². The van der Waals surface area contributed by atoms with E-state index in [2.05, 4.69) is 19.0 Å². The summed E-state index contributed by atoms with van der Waals surface area (Å²) >= 11 is 0. The van der Waals surface area contributed by atoms with Crippen molar-refractivity contribution in [2.75, 3.05) is 20.6 Å². The summed E-state index contributed by atoms with van der Waals surface area (Å²) in [4.78, 5) is 2.30. The minimum atomic E-state index is 0.609. The molecule has 1 aliphatic rings. The predicted molar refractivity (Wildman–Crippen MR) is 57.7 cm³/mol. The fourth-order valence-corrected chi connectivity index (χ4v) is 2.52. The molecule has 0 spiro atoms. The molecule has 1 rings (SSSR count). The Morgan fingerprint density at radius 3 is 2.08 bits per heavy atom. The van der Waals surface area contributed by atoms with E-state index < -0.39 is 0 Å². The summed E-state index contributed by atoms with van der Waals surface area (Å²) in [7, 11) is 4.31. The fourth-order valence-electron chi connectivity index (χ4n) is 2.52. The molecule has 0 aromatic heterocycles. The Morgan fingerprint density at radius 2 is 1.69 bits per heavy atom. The minimum absolute atomic E-state index is 0.609. The maximum Gasteiger partial charge on any atom is 0.0240 e. The van der Waals surface area contributed by atoms with Crippen LogP contribution in [0.25, 0.3) is 0 Å². The van der Waals surface area contributed by atoms with Crippen LogP contribution >= 0.6 is 0 Å². The Balaban J connectivity index is 2.45. The van der Waals surface area contributed by atoms with Gasteiger partial charge in [-0.05, 0) is 32.9 Å². The van der Waals surface area contributed by atoms with Crippen LogP contribution in [0, 0.1) is 5.92 Å². The molecule has 0 amide bonds. The third-order valence-corrected chi connectivity index (χ3v) is 3.35. The summed E-state index contributed by atoms with van der Waals surface area (Å²) in [5.41, 5.74) is 5.81. The molecule has 0 bridgehead atoms. The SMILES string of the molecule is CN(C)C(CN)C1CCCCCC1. The summed E-state index contributed by atoms with van der Waals surface area (Å²) in [5, 5.41) is 0. The van der Waals surface area contributed by atoms with Gasteiger partial charge < -0.3 is 10.6 Å². The largest absolute Gasteiger partial charge is 0.329 e.